The van der Waals surface area contributed by atoms with E-state index in [-0.39, 0.29) is 13.2 Å². The predicted octanol–water partition coefficient (Wildman–Crippen LogP) is -2.37. The van der Waals surface area contributed by atoms with Gasteiger partial charge in [0.1, 0.15) is 18.3 Å². The average Bonchev–Trinajstić information content (AvgIpc) is 2.71. The van der Waals surface area contributed by atoms with E-state index < -0.39 is 48.5 Å². The maximum absolute atomic E-state index is 11.9. The molecule has 2 fully saturated rings. The lowest BCUT2D eigenvalue weighted by Crippen LogP contribution is -2.64. The molecule has 5 atom stereocenters. The van der Waals surface area contributed by atoms with Crippen molar-refractivity contribution in [2.45, 2.75) is 31.5 Å². The van der Waals surface area contributed by atoms with E-state index in [1.807, 2.05) is 0 Å². The summed E-state index contributed by atoms with van der Waals surface area (Å²) in [7, 11) is 1.44. The number of amides is 3. The van der Waals surface area contributed by atoms with Crippen LogP contribution in [0.3, 0.4) is 0 Å². The predicted molar refractivity (Wildman–Crippen MR) is 68.0 cm³/mol. The normalized spacial score (nSPS) is 40.5. The molecule has 21 heavy (non-hydrogen) atoms. The van der Waals surface area contributed by atoms with Crippen molar-refractivity contribution in [1.29, 1.82) is 0 Å². The molecule has 2 heterocycles. The molecule has 0 saturated carbocycles. The summed E-state index contributed by atoms with van der Waals surface area (Å²) in [6, 6.07) is -0.719. The summed E-state index contributed by atoms with van der Waals surface area (Å²) in [5, 5.41) is 31.0. The van der Waals surface area contributed by atoms with Crippen molar-refractivity contribution in [3.05, 3.63) is 0 Å². The van der Waals surface area contributed by atoms with Gasteiger partial charge in [0.05, 0.1) is 18.6 Å². The van der Waals surface area contributed by atoms with E-state index in [9.17, 15) is 19.8 Å². The molecule has 9 nitrogen and oxygen atoms in total. The Hall–Kier alpha value is -1.26. The summed E-state index contributed by atoms with van der Waals surface area (Å²) in [6.45, 7) is 1.18. The summed E-state index contributed by atoms with van der Waals surface area (Å²) in [4.78, 5) is 25.0. The minimum absolute atomic E-state index is 0.0297. The van der Waals surface area contributed by atoms with Gasteiger partial charge in [-0.1, -0.05) is 0 Å². The van der Waals surface area contributed by atoms with Crippen LogP contribution in [-0.2, 0) is 14.3 Å². The zero-order valence-corrected chi connectivity index (χ0v) is 11.9. The molecule has 3 amide bonds. The van der Waals surface area contributed by atoms with Crippen molar-refractivity contribution in [2.75, 3.05) is 26.9 Å². The highest BCUT2D eigenvalue weighted by Gasteiger charge is 2.51. The third kappa shape index (κ3) is 2.74. The van der Waals surface area contributed by atoms with E-state index in [4.69, 9.17) is 14.6 Å². The van der Waals surface area contributed by atoms with E-state index in [1.165, 1.54) is 7.11 Å². The maximum atomic E-state index is 11.9. The second-order valence-corrected chi connectivity index (χ2v) is 5.61. The lowest BCUT2D eigenvalue weighted by Gasteiger charge is -2.41. The van der Waals surface area contributed by atoms with Crippen LogP contribution in [0.25, 0.3) is 0 Å². The number of imide groups is 1. The van der Waals surface area contributed by atoms with Gasteiger partial charge in [-0.2, -0.15) is 0 Å². The van der Waals surface area contributed by atoms with Gasteiger partial charge >= 0.3 is 6.03 Å². The van der Waals surface area contributed by atoms with Crippen LogP contribution in [-0.4, -0.2) is 83.6 Å². The Morgan fingerprint density at radius 3 is 2.62 bits per heavy atom. The van der Waals surface area contributed by atoms with Crippen molar-refractivity contribution >= 4 is 11.9 Å². The molecular weight excluding hydrogens is 284 g/mol. The number of nitrogens with zero attached hydrogens (tertiary/aromatic N) is 1. The fourth-order valence-corrected chi connectivity index (χ4v) is 2.61. The van der Waals surface area contributed by atoms with Crippen molar-refractivity contribution in [2.24, 2.45) is 5.41 Å². The van der Waals surface area contributed by atoms with Crippen LogP contribution < -0.4 is 5.32 Å². The summed E-state index contributed by atoms with van der Waals surface area (Å²) >= 11 is 0. The average molecular weight is 304 g/mol. The molecule has 120 valence electrons. The van der Waals surface area contributed by atoms with Gasteiger partial charge in [-0.15, -0.1) is 0 Å². The second-order valence-electron chi connectivity index (χ2n) is 5.61. The smallest absolute Gasteiger partial charge is 0.326 e. The monoisotopic (exact) mass is 304 g/mol. The first kappa shape index (κ1) is 16.1. The van der Waals surface area contributed by atoms with Gasteiger partial charge in [0.2, 0.25) is 5.91 Å². The fraction of sp³-hybridized carbons (Fsp3) is 0.833. The van der Waals surface area contributed by atoms with Crippen LogP contribution in [0.5, 0.6) is 0 Å². The van der Waals surface area contributed by atoms with Crippen LogP contribution in [0.15, 0.2) is 0 Å². The van der Waals surface area contributed by atoms with Gasteiger partial charge in [0.15, 0.2) is 6.23 Å². The maximum Gasteiger partial charge on any atom is 0.326 e. The van der Waals surface area contributed by atoms with Crippen LogP contribution >= 0.6 is 0 Å². The first-order chi connectivity index (χ1) is 9.84. The van der Waals surface area contributed by atoms with Gasteiger partial charge in [0, 0.05) is 13.7 Å². The number of nitrogens with one attached hydrogen (secondary N) is 1. The standard InChI is InChI=1S/C12H20N2O7/c1-12(5-20-2)4-14(11(19)13-10(12)18)9-8(17)7(16)6(3-15)21-9/h6-9,15-17H,3-5H2,1-2H3,(H,13,18,19)/t6-,7-,8-,9-,12?/m1/s1. The van der Waals surface area contributed by atoms with Crippen molar-refractivity contribution in [3.8, 4) is 0 Å². The molecule has 2 rings (SSSR count). The molecule has 1 unspecified atom stereocenters. The van der Waals surface area contributed by atoms with Crippen LogP contribution in [0.4, 0.5) is 4.79 Å². The van der Waals surface area contributed by atoms with Crippen LogP contribution in [0.2, 0.25) is 0 Å². The van der Waals surface area contributed by atoms with Gasteiger partial charge in [-0.25, -0.2) is 4.79 Å². The van der Waals surface area contributed by atoms with Crippen LogP contribution in [0, 0.1) is 5.41 Å². The Labute approximate surface area is 121 Å². The molecule has 0 radical (unpaired) electrons. The summed E-state index contributed by atoms with van der Waals surface area (Å²) in [5.74, 6) is -0.475. The van der Waals surface area contributed by atoms with Crippen molar-refractivity contribution < 1.29 is 34.4 Å². The second kappa shape index (κ2) is 5.85. The number of aliphatic hydroxyl groups excluding tert-OH is 3. The Morgan fingerprint density at radius 1 is 1.43 bits per heavy atom. The third-order valence-corrected chi connectivity index (χ3v) is 3.84. The number of rotatable bonds is 4. The van der Waals surface area contributed by atoms with Gasteiger partial charge in [-0.3, -0.25) is 15.0 Å². The molecule has 0 aromatic rings. The molecular formula is C12H20N2O7. The van der Waals surface area contributed by atoms with Gasteiger partial charge in [0.25, 0.3) is 0 Å². The number of aliphatic hydroxyl groups is 3. The highest BCUT2D eigenvalue weighted by atomic mass is 16.6. The quantitative estimate of drug-likeness (QED) is 0.457. The SMILES string of the molecule is COCC1(C)CN([C@@H]2O[C@H](CO)[C@@H](O)[C@H]2O)C(=O)NC1=O. The number of carbonyl (C=O) groups is 2. The first-order valence-electron chi connectivity index (χ1n) is 6.57. The largest absolute Gasteiger partial charge is 0.394 e. The minimum Gasteiger partial charge on any atom is -0.394 e. The Kier molecular flexibility index (Phi) is 4.49. The van der Waals surface area contributed by atoms with Crippen molar-refractivity contribution in [1.82, 2.24) is 10.2 Å². The topological polar surface area (TPSA) is 129 Å². The molecule has 2 aliphatic heterocycles. The summed E-state index contributed by atoms with van der Waals surface area (Å²) in [6.07, 6.45) is -4.79. The van der Waals surface area contributed by atoms with Gasteiger partial charge in [-0.05, 0) is 6.92 Å². The van der Waals surface area contributed by atoms with E-state index in [0.29, 0.717) is 0 Å². The molecule has 9 heteroatoms. The Bertz CT molecular complexity index is 432. The number of urea groups is 1. The first-order valence-corrected chi connectivity index (χ1v) is 6.57. The number of ether oxygens (including phenoxy) is 2. The van der Waals surface area contributed by atoms with Crippen molar-refractivity contribution in [3.63, 3.8) is 0 Å². The molecule has 0 aromatic heterocycles. The Morgan fingerprint density at radius 2 is 2.10 bits per heavy atom. The summed E-state index contributed by atoms with van der Waals surface area (Å²) < 4.78 is 10.3. The Balaban J connectivity index is 2.19. The fourth-order valence-electron chi connectivity index (χ4n) is 2.61. The number of carbonyl (C=O) groups excluding carboxylic acids is 2. The molecule has 4 N–H and O–H groups in total. The molecule has 0 aromatic carbocycles. The zero-order chi connectivity index (χ0) is 15.8. The third-order valence-electron chi connectivity index (χ3n) is 3.84. The van der Waals surface area contributed by atoms with E-state index in [0.717, 1.165) is 4.90 Å². The number of methoxy groups -OCH3 is 1. The molecule has 2 aliphatic rings. The minimum atomic E-state index is -1.37. The molecule has 0 spiro atoms. The summed E-state index contributed by atoms with van der Waals surface area (Å²) in [5.41, 5.74) is -0.992. The lowest BCUT2D eigenvalue weighted by molar-refractivity contribution is -0.143. The molecule has 0 aliphatic carbocycles. The van der Waals surface area contributed by atoms with Gasteiger partial charge < -0.3 is 24.8 Å². The highest BCUT2D eigenvalue weighted by Crippen LogP contribution is 2.30. The van der Waals surface area contributed by atoms with E-state index in [1.54, 1.807) is 6.92 Å². The molecule has 2 saturated heterocycles. The highest BCUT2D eigenvalue weighted by molar-refractivity contribution is 6.00. The zero-order valence-electron chi connectivity index (χ0n) is 11.9. The molecule has 0 bridgehead atoms. The lowest BCUT2D eigenvalue weighted by atomic mass is 9.88. The van der Waals surface area contributed by atoms with Crippen LogP contribution in [0.1, 0.15) is 6.92 Å². The van der Waals surface area contributed by atoms with E-state index >= 15 is 0 Å². The number of hydrogen-bond donors (Lipinski definition) is 4. The number of hydrogen-bond acceptors (Lipinski definition) is 7. The van der Waals surface area contributed by atoms with E-state index in [2.05, 4.69) is 5.32 Å².